The van der Waals surface area contributed by atoms with E-state index in [1.807, 2.05) is 24.3 Å². The molecule has 2 N–H and O–H groups in total. The highest BCUT2D eigenvalue weighted by Gasteiger charge is 2.25. The minimum Gasteiger partial charge on any atom is -0.360 e. The molecule has 1 heterocycles. The van der Waals surface area contributed by atoms with E-state index in [2.05, 4.69) is 29.9 Å². The van der Waals surface area contributed by atoms with Gasteiger partial charge in [0.25, 0.3) is 5.91 Å². The zero-order valence-corrected chi connectivity index (χ0v) is 15.9. The molecule has 1 aromatic heterocycles. The molecule has 3 rings (SSSR count). The van der Waals surface area contributed by atoms with E-state index in [0.29, 0.717) is 11.6 Å². The number of benzene rings is 2. The Kier molecular flexibility index (Phi) is 5.46. The zero-order valence-electron chi connectivity index (χ0n) is 15.1. The van der Waals surface area contributed by atoms with Gasteiger partial charge in [-0.1, -0.05) is 48.8 Å². The van der Waals surface area contributed by atoms with Gasteiger partial charge in [0.1, 0.15) is 22.8 Å². The molecule has 0 saturated heterocycles. The number of aromatic nitrogens is 1. The van der Waals surface area contributed by atoms with Crippen LogP contribution in [0.4, 0.5) is 10.1 Å². The molecule has 2 aromatic carbocycles. The number of carbonyl (C=O) groups excluding carboxylic acids is 1. The molecule has 0 fully saturated rings. The first-order valence-electron chi connectivity index (χ1n) is 8.45. The lowest BCUT2D eigenvalue weighted by Gasteiger charge is -2.11. The zero-order chi connectivity index (χ0) is 19.6. The number of hydrazine groups is 1. The number of amides is 1. The van der Waals surface area contributed by atoms with Gasteiger partial charge >= 0.3 is 0 Å². The van der Waals surface area contributed by atoms with Gasteiger partial charge in [-0.15, -0.1) is 0 Å². The molecule has 0 unspecified atom stereocenters. The van der Waals surface area contributed by atoms with E-state index in [9.17, 15) is 9.18 Å². The number of nitrogens with zero attached hydrogens (tertiary/aromatic N) is 1. The molecular formula is C20H19ClFN3O2. The molecule has 7 heteroatoms. The van der Waals surface area contributed by atoms with Crippen molar-refractivity contribution in [1.29, 1.82) is 0 Å². The van der Waals surface area contributed by atoms with Gasteiger partial charge < -0.3 is 4.52 Å². The molecule has 140 valence electrons. The summed E-state index contributed by atoms with van der Waals surface area (Å²) >= 11 is 6.09. The van der Waals surface area contributed by atoms with Crippen LogP contribution in [0, 0.1) is 12.7 Å². The van der Waals surface area contributed by atoms with Gasteiger partial charge in [-0.05, 0) is 42.7 Å². The fourth-order valence-corrected chi connectivity index (χ4v) is 2.93. The summed E-state index contributed by atoms with van der Waals surface area (Å²) in [5.41, 5.74) is 7.54. The highest BCUT2D eigenvalue weighted by Crippen LogP contribution is 2.33. The van der Waals surface area contributed by atoms with Crippen molar-refractivity contribution >= 4 is 23.2 Å². The molecule has 0 spiro atoms. The van der Waals surface area contributed by atoms with Crippen LogP contribution in [-0.4, -0.2) is 11.1 Å². The number of nitrogens with one attached hydrogen (secondary N) is 2. The van der Waals surface area contributed by atoms with Gasteiger partial charge in [-0.2, -0.15) is 0 Å². The van der Waals surface area contributed by atoms with Crippen LogP contribution < -0.4 is 10.9 Å². The normalized spacial score (nSPS) is 10.9. The second-order valence-electron chi connectivity index (χ2n) is 6.41. The maximum atomic E-state index is 14.2. The van der Waals surface area contributed by atoms with Crippen LogP contribution in [-0.2, 0) is 0 Å². The summed E-state index contributed by atoms with van der Waals surface area (Å²) < 4.78 is 19.3. The van der Waals surface area contributed by atoms with Crippen LogP contribution in [0.25, 0.3) is 11.3 Å². The fraction of sp³-hybridized carbons (Fsp3) is 0.200. The van der Waals surface area contributed by atoms with E-state index in [1.165, 1.54) is 23.8 Å². The summed E-state index contributed by atoms with van der Waals surface area (Å²) in [6.45, 7) is 5.79. The lowest BCUT2D eigenvalue weighted by Crippen LogP contribution is -2.30. The van der Waals surface area contributed by atoms with Crippen molar-refractivity contribution in [3.05, 3.63) is 70.2 Å². The largest absolute Gasteiger partial charge is 0.360 e. The number of halogens is 2. The summed E-state index contributed by atoms with van der Waals surface area (Å²) in [6.07, 6.45) is 0. The molecule has 27 heavy (non-hydrogen) atoms. The Morgan fingerprint density at radius 3 is 2.52 bits per heavy atom. The smallest absolute Gasteiger partial charge is 0.275 e. The average molecular weight is 388 g/mol. The van der Waals surface area contributed by atoms with Crippen LogP contribution in [0.2, 0.25) is 5.02 Å². The molecule has 0 aliphatic carbocycles. The lowest BCUT2D eigenvalue weighted by atomic mass is 10.0. The Balaban J connectivity index is 1.83. The molecular weight excluding hydrogens is 369 g/mol. The molecule has 0 aliphatic heterocycles. The van der Waals surface area contributed by atoms with Gasteiger partial charge in [0.05, 0.1) is 16.3 Å². The molecule has 5 nitrogen and oxygen atoms in total. The number of aryl methyl sites for hydroxylation is 1. The Hall–Kier alpha value is -2.86. The van der Waals surface area contributed by atoms with Crippen molar-refractivity contribution in [2.45, 2.75) is 26.7 Å². The van der Waals surface area contributed by atoms with Crippen molar-refractivity contribution in [3.8, 4) is 11.3 Å². The first-order valence-corrected chi connectivity index (χ1v) is 8.83. The van der Waals surface area contributed by atoms with Crippen molar-refractivity contribution < 1.29 is 13.7 Å². The molecule has 1 amide bonds. The topological polar surface area (TPSA) is 67.2 Å². The minimum absolute atomic E-state index is 0.0300. The highest BCUT2D eigenvalue weighted by atomic mass is 35.5. The van der Waals surface area contributed by atoms with Crippen LogP contribution in [0.15, 0.2) is 47.0 Å². The number of anilines is 1. The van der Waals surface area contributed by atoms with Crippen LogP contribution >= 0.6 is 11.6 Å². The monoisotopic (exact) mass is 387 g/mol. The van der Waals surface area contributed by atoms with E-state index in [4.69, 9.17) is 16.1 Å². The van der Waals surface area contributed by atoms with E-state index >= 15 is 0 Å². The Labute approximate surface area is 161 Å². The molecule has 3 aromatic rings. The van der Waals surface area contributed by atoms with E-state index in [1.54, 1.807) is 6.92 Å². The Bertz CT molecular complexity index is 948. The Morgan fingerprint density at radius 1 is 1.19 bits per heavy atom. The predicted octanol–water partition coefficient (Wildman–Crippen LogP) is 5.32. The molecule has 0 saturated carbocycles. The standard InChI is InChI=1S/C20H19ClFN3O2/c1-11(2)13-7-9-14(10-8-13)23-24-20(26)17-12(3)27-25-19(17)18-15(21)5-4-6-16(18)22/h4-11,23H,1-3H3,(H,24,26). The van der Waals surface area contributed by atoms with Gasteiger partial charge in [0, 0.05) is 0 Å². The van der Waals surface area contributed by atoms with Crippen LogP contribution in [0.3, 0.4) is 0 Å². The number of carbonyl (C=O) groups is 1. The van der Waals surface area contributed by atoms with Crippen LogP contribution in [0.5, 0.6) is 0 Å². The minimum atomic E-state index is -0.581. The first kappa shape index (κ1) is 18.9. The number of rotatable bonds is 5. The molecule has 0 atom stereocenters. The van der Waals surface area contributed by atoms with Gasteiger partial charge in [0.15, 0.2) is 0 Å². The summed E-state index contributed by atoms with van der Waals surface area (Å²) in [4.78, 5) is 12.7. The van der Waals surface area contributed by atoms with Crippen molar-refractivity contribution in [2.24, 2.45) is 0 Å². The van der Waals surface area contributed by atoms with Gasteiger partial charge in [0.2, 0.25) is 0 Å². The quantitative estimate of drug-likeness (QED) is 0.581. The molecule has 0 bridgehead atoms. The summed E-state index contributed by atoms with van der Waals surface area (Å²) in [5, 5.41) is 3.97. The first-order chi connectivity index (χ1) is 12.9. The lowest BCUT2D eigenvalue weighted by molar-refractivity contribution is 0.0961. The molecule has 0 aliphatic rings. The van der Waals surface area contributed by atoms with Gasteiger partial charge in [-0.25, -0.2) is 4.39 Å². The summed E-state index contributed by atoms with van der Waals surface area (Å²) in [6, 6.07) is 12.0. The Morgan fingerprint density at radius 2 is 1.89 bits per heavy atom. The third-order valence-corrected chi connectivity index (χ3v) is 4.50. The van der Waals surface area contributed by atoms with E-state index in [0.717, 1.165) is 0 Å². The maximum absolute atomic E-state index is 14.2. The SMILES string of the molecule is Cc1onc(-c2c(F)cccc2Cl)c1C(=O)NNc1ccc(C(C)C)cc1. The fourth-order valence-electron chi connectivity index (χ4n) is 2.68. The third-order valence-electron chi connectivity index (χ3n) is 4.19. The van der Waals surface area contributed by atoms with E-state index < -0.39 is 11.7 Å². The molecule has 0 radical (unpaired) electrons. The summed E-state index contributed by atoms with van der Waals surface area (Å²) in [7, 11) is 0. The van der Waals surface area contributed by atoms with Crippen molar-refractivity contribution in [1.82, 2.24) is 10.6 Å². The number of hydrogen-bond donors (Lipinski definition) is 2. The second kappa shape index (κ2) is 7.80. The highest BCUT2D eigenvalue weighted by molar-refractivity contribution is 6.33. The average Bonchev–Trinajstić information content (AvgIpc) is 3.01. The van der Waals surface area contributed by atoms with Crippen molar-refractivity contribution in [2.75, 3.05) is 5.43 Å². The second-order valence-corrected chi connectivity index (χ2v) is 6.82. The predicted molar refractivity (Wildman–Crippen MR) is 103 cm³/mol. The van der Waals surface area contributed by atoms with E-state index in [-0.39, 0.29) is 27.6 Å². The third kappa shape index (κ3) is 3.95. The maximum Gasteiger partial charge on any atom is 0.275 e. The van der Waals surface area contributed by atoms with Crippen LogP contribution in [0.1, 0.15) is 41.4 Å². The van der Waals surface area contributed by atoms with Gasteiger partial charge in [-0.3, -0.25) is 15.6 Å². The van der Waals surface area contributed by atoms with Crippen molar-refractivity contribution in [3.63, 3.8) is 0 Å². The summed E-state index contributed by atoms with van der Waals surface area (Å²) in [5.74, 6) is -0.404. The number of hydrogen-bond acceptors (Lipinski definition) is 4.